The topological polar surface area (TPSA) is 50.1 Å². The fraction of sp³-hybridized carbons (Fsp3) is 0.400. The predicted octanol–water partition coefficient (Wildman–Crippen LogP) is 2.29. The van der Waals surface area contributed by atoms with Gasteiger partial charge in [0.25, 0.3) is 0 Å². The lowest BCUT2D eigenvalue weighted by Crippen LogP contribution is -2.43. The Bertz CT molecular complexity index is 590. The number of hydrogen-bond acceptors (Lipinski definition) is 3. The minimum absolute atomic E-state index is 0.616. The second kappa shape index (κ2) is 5.68. The zero-order chi connectivity index (χ0) is 14.0. The van der Waals surface area contributed by atoms with Crippen LogP contribution >= 0.6 is 15.9 Å². The van der Waals surface area contributed by atoms with Crippen molar-refractivity contribution in [2.24, 2.45) is 0 Å². The first-order valence-corrected chi connectivity index (χ1v) is 7.68. The van der Waals surface area contributed by atoms with Gasteiger partial charge < -0.3 is 10.4 Å². The van der Waals surface area contributed by atoms with Gasteiger partial charge in [-0.2, -0.15) is 5.10 Å². The number of hydrogen-bond donors (Lipinski definition) is 2. The molecule has 0 aliphatic carbocycles. The molecule has 20 heavy (non-hydrogen) atoms. The van der Waals surface area contributed by atoms with Gasteiger partial charge in [0.05, 0.1) is 11.3 Å². The molecule has 1 saturated heterocycles. The van der Waals surface area contributed by atoms with Gasteiger partial charge in [-0.15, -0.1) is 0 Å². The number of aliphatic hydroxyl groups is 1. The number of rotatable bonds is 3. The van der Waals surface area contributed by atoms with Crippen LogP contribution in [0.3, 0.4) is 0 Å². The average Bonchev–Trinajstić information content (AvgIpc) is 2.87. The average molecular weight is 336 g/mol. The quantitative estimate of drug-likeness (QED) is 0.904. The second-order valence-electron chi connectivity index (χ2n) is 5.37. The molecule has 2 heterocycles. The standard InChI is InChI=1S/C15H18BrN3O/c16-12-2-1-3-13(10-12)19-14(4-7-18-19)11-15(20)5-8-17-9-6-15/h1-4,7,10,17,20H,5-6,8-9,11H2. The Hall–Kier alpha value is -1.17. The fourth-order valence-electron chi connectivity index (χ4n) is 2.71. The number of nitrogens with one attached hydrogen (secondary N) is 1. The molecule has 106 valence electrons. The highest BCUT2D eigenvalue weighted by Crippen LogP contribution is 2.25. The first-order chi connectivity index (χ1) is 9.66. The van der Waals surface area contributed by atoms with Crippen LogP contribution in [0.15, 0.2) is 41.0 Å². The lowest BCUT2D eigenvalue weighted by Gasteiger charge is -2.32. The Morgan fingerprint density at radius 1 is 1.30 bits per heavy atom. The summed E-state index contributed by atoms with van der Waals surface area (Å²) in [5, 5.41) is 18.4. The summed E-state index contributed by atoms with van der Waals surface area (Å²) >= 11 is 3.48. The van der Waals surface area contributed by atoms with Crippen molar-refractivity contribution in [2.75, 3.05) is 13.1 Å². The third-order valence-corrected chi connectivity index (χ3v) is 4.31. The molecule has 2 aromatic rings. The molecule has 4 nitrogen and oxygen atoms in total. The third-order valence-electron chi connectivity index (χ3n) is 3.82. The van der Waals surface area contributed by atoms with Crippen LogP contribution in [0.25, 0.3) is 5.69 Å². The molecule has 0 bridgehead atoms. The summed E-state index contributed by atoms with van der Waals surface area (Å²) in [5.41, 5.74) is 1.44. The Morgan fingerprint density at radius 2 is 2.10 bits per heavy atom. The van der Waals surface area contributed by atoms with E-state index < -0.39 is 5.60 Å². The van der Waals surface area contributed by atoms with E-state index in [1.807, 2.05) is 35.0 Å². The molecule has 1 aliphatic heterocycles. The Labute approximate surface area is 126 Å². The van der Waals surface area contributed by atoms with Gasteiger partial charge in [0.2, 0.25) is 0 Å². The minimum atomic E-state index is -0.616. The van der Waals surface area contributed by atoms with Crippen molar-refractivity contribution >= 4 is 15.9 Å². The molecule has 1 aromatic carbocycles. The molecule has 2 N–H and O–H groups in total. The molecule has 1 aliphatic rings. The highest BCUT2D eigenvalue weighted by molar-refractivity contribution is 9.10. The number of aromatic nitrogens is 2. The van der Waals surface area contributed by atoms with Crippen molar-refractivity contribution in [3.05, 3.63) is 46.7 Å². The normalized spacial score (nSPS) is 18.1. The van der Waals surface area contributed by atoms with E-state index in [9.17, 15) is 5.11 Å². The molecule has 0 radical (unpaired) electrons. The van der Waals surface area contributed by atoms with Gasteiger partial charge >= 0.3 is 0 Å². The van der Waals surface area contributed by atoms with Gasteiger partial charge in [-0.3, -0.25) is 0 Å². The summed E-state index contributed by atoms with van der Waals surface area (Å²) in [6.07, 6.45) is 4.01. The lowest BCUT2D eigenvalue weighted by atomic mass is 9.88. The zero-order valence-corrected chi connectivity index (χ0v) is 12.8. The van der Waals surface area contributed by atoms with Crippen molar-refractivity contribution < 1.29 is 5.11 Å². The maximum atomic E-state index is 10.7. The van der Waals surface area contributed by atoms with Gasteiger partial charge in [-0.25, -0.2) is 4.68 Å². The van der Waals surface area contributed by atoms with Crippen molar-refractivity contribution in [2.45, 2.75) is 24.9 Å². The molecular weight excluding hydrogens is 318 g/mol. The van der Waals surface area contributed by atoms with Gasteiger partial charge in [-0.1, -0.05) is 22.0 Å². The van der Waals surface area contributed by atoms with Gasteiger partial charge in [0.1, 0.15) is 0 Å². The van der Waals surface area contributed by atoms with E-state index >= 15 is 0 Å². The van der Waals surface area contributed by atoms with Crippen LogP contribution in [0.4, 0.5) is 0 Å². The van der Waals surface area contributed by atoms with E-state index in [1.54, 1.807) is 6.20 Å². The lowest BCUT2D eigenvalue weighted by molar-refractivity contribution is 0.00955. The Morgan fingerprint density at radius 3 is 2.85 bits per heavy atom. The first kappa shape index (κ1) is 13.8. The fourth-order valence-corrected chi connectivity index (χ4v) is 3.10. The van der Waals surface area contributed by atoms with Crippen molar-refractivity contribution in [3.8, 4) is 5.69 Å². The van der Waals surface area contributed by atoms with E-state index in [0.29, 0.717) is 6.42 Å². The molecular formula is C15H18BrN3O. The summed E-state index contributed by atoms with van der Waals surface area (Å²) in [5.74, 6) is 0. The third kappa shape index (κ3) is 2.95. The van der Waals surface area contributed by atoms with Crippen molar-refractivity contribution in [1.82, 2.24) is 15.1 Å². The van der Waals surface area contributed by atoms with E-state index in [0.717, 1.165) is 41.8 Å². The number of piperidine rings is 1. The number of halogens is 1. The van der Waals surface area contributed by atoms with Gasteiger partial charge in [0.15, 0.2) is 0 Å². The van der Waals surface area contributed by atoms with Gasteiger partial charge in [0, 0.05) is 22.8 Å². The summed E-state index contributed by atoms with van der Waals surface area (Å²) in [7, 11) is 0. The highest BCUT2D eigenvalue weighted by atomic mass is 79.9. The smallest absolute Gasteiger partial charge is 0.0727 e. The monoisotopic (exact) mass is 335 g/mol. The molecule has 0 saturated carbocycles. The Balaban J connectivity index is 1.87. The molecule has 1 aromatic heterocycles. The van der Waals surface area contributed by atoms with Crippen LogP contribution in [0, 0.1) is 0 Å². The summed E-state index contributed by atoms with van der Waals surface area (Å²) in [4.78, 5) is 0. The molecule has 5 heteroatoms. The minimum Gasteiger partial charge on any atom is -0.389 e. The molecule has 0 spiro atoms. The zero-order valence-electron chi connectivity index (χ0n) is 11.2. The molecule has 0 unspecified atom stereocenters. The maximum absolute atomic E-state index is 10.7. The van der Waals surface area contributed by atoms with E-state index in [1.165, 1.54) is 0 Å². The van der Waals surface area contributed by atoms with Crippen LogP contribution in [-0.4, -0.2) is 33.6 Å². The highest BCUT2D eigenvalue weighted by Gasteiger charge is 2.30. The number of benzene rings is 1. The Kier molecular flexibility index (Phi) is 3.92. The molecule has 3 rings (SSSR count). The summed E-state index contributed by atoms with van der Waals surface area (Å²) < 4.78 is 2.93. The van der Waals surface area contributed by atoms with Crippen LogP contribution < -0.4 is 5.32 Å². The molecule has 1 fully saturated rings. The largest absolute Gasteiger partial charge is 0.389 e. The number of nitrogens with zero attached hydrogens (tertiary/aromatic N) is 2. The second-order valence-corrected chi connectivity index (χ2v) is 6.28. The van der Waals surface area contributed by atoms with Crippen LogP contribution in [0.2, 0.25) is 0 Å². The van der Waals surface area contributed by atoms with Crippen molar-refractivity contribution in [1.29, 1.82) is 0 Å². The van der Waals surface area contributed by atoms with Crippen LogP contribution in [0.1, 0.15) is 18.5 Å². The van der Waals surface area contributed by atoms with Crippen molar-refractivity contribution in [3.63, 3.8) is 0 Å². The predicted molar refractivity (Wildman–Crippen MR) is 82.0 cm³/mol. The van der Waals surface area contributed by atoms with Crippen LogP contribution in [0.5, 0.6) is 0 Å². The van der Waals surface area contributed by atoms with E-state index in [4.69, 9.17) is 0 Å². The molecule has 0 atom stereocenters. The van der Waals surface area contributed by atoms with E-state index in [2.05, 4.69) is 26.3 Å². The first-order valence-electron chi connectivity index (χ1n) is 6.88. The van der Waals surface area contributed by atoms with E-state index in [-0.39, 0.29) is 0 Å². The molecule has 0 amide bonds. The maximum Gasteiger partial charge on any atom is 0.0727 e. The summed E-state index contributed by atoms with van der Waals surface area (Å²) in [6.45, 7) is 1.75. The summed E-state index contributed by atoms with van der Waals surface area (Å²) in [6, 6.07) is 10.0. The van der Waals surface area contributed by atoms with Gasteiger partial charge in [-0.05, 0) is 50.2 Å². The SMILES string of the molecule is OC1(Cc2ccnn2-c2cccc(Br)c2)CCNCC1. The van der Waals surface area contributed by atoms with Crippen LogP contribution in [-0.2, 0) is 6.42 Å².